The van der Waals surface area contributed by atoms with E-state index in [0.717, 1.165) is 12.1 Å². The van der Waals surface area contributed by atoms with Crippen LogP contribution < -0.4 is 0 Å². The Bertz CT molecular complexity index is 831. The first-order valence-electron chi connectivity index (χ1n) is 6.39. The van der Waals surface area contributed by atoms with Crippen molar-refractivity contribution in [2.24, 2.45) is 0 Å². The second-order valence-corrected chi connectivity index (χ2v) is 7.05. The van der Waals surface area contributed by atoms with E-state index in [1.807, 2.05) is 0 Å². The zero-order valence-electron chi connectivity index (χ0n) is 12.0. The van der Waals surface area contributed by atoms with Gasteiger partial charge < -0.3 is 0 Å². The molecule has 0 aliphatic carbocycles. The van der Waals surface area contributed by atoms with Crippen LogP contribution in [0.2, 0.25) is 5.02 Å². The van der Waals surface area contributed by atoms with Gasteiger partial charge in [0.25, 0.3) is 0 Å². The number of hydrogen-bond donors (Lipinski definition) is 0. The molecule has 26 heavy (non-hydrogen) atoms. The van der Waals surface area contributed by atoms with Crippen LogP contribution in [0.1, 0.15) is 5.56 Å². The molecular weight excluding hydrogens is 527 g/mol. The number of rotatable bonds is 2. The Morgan fingerprint density at radius 2 is 1.42 bits per heavy atom. The Labute approximate surface area is 163 Å². The molecule has 0 aliphatic heterocycles. The van der Waals surface area contributed by atoms with Gasteiger partial charge in [0.2, 0.25) is 0 Å². The highest BCUT2D eigenvalue weighted by atomic mass is 79.9. The summed E-state index contributed by atoms with van der Waals surface area (Å²) in [7, 11) is 0. The molecule has 0 unspecified atom stereocenters. The highest BCUT2D eigenvalue weighted by Gasteiger charge is 2.74. The van der Waals surface area contributed by atoms with Crippen LogP contribution in [0.15, 0.2) is 33.2 Å². The molecule has 2 aromatic carbocycles. The van der Waals surface area contributed by atoms with Crippen LogP contribution in [0.25, 0.3) is 11.1 Å². The van der Waals surface area contributed by atoms with E-state index in [4.69, 9.17) is 11.6 Å². The third-order valence-corrected chi connectivity index (χ3v) is 4.68. The summed E-state index contributed by atoms with van der Waals surface area (Å²) in [5.74, 6) is -0.879. The molecule has 0 nitrogen and oxygen atoms in total. The van der Waals surface area contributed by atoms with Crippen molar-refractivity contribution in [2.75, 3.05) is 0 Å². The van der Waals surface area contributed by atoms with Gasteiger partial charge in [-0.1, -0.05) is 27.5 Å². The summed E-state index contributed by atoms with van der Waals surface area (Å²) >= 11 is 11.2. The number of benzene rings is 2. The maximum absolute atomic E-state index is 14.6. The minimum atomic E-state index is -6.33. The molecule has 0 fully saturated rings. The Hall–Kier alpha value is -0.870. The molecule has 2 aromatic rings. The molecule has 0 N–H and O–H groups in total. The molecule has 0 aliphatic rings. The third kappa shape index (κ3) is 3.60. The molecule has 0 aromatic heterocycles. The maximum atomic E-state index is 14.6. The molecule has 2 rings (SSSR count). The van der Waals surface area contributed by atoms with Crippen LogP contribution in [-0.2, 0) is 5.67 Å². The molecular formula is C15H4Br2ClF8. The molecule has 141 valence electrons. The Balaban J connectivity index is 2.97. The second-order valence-electron chi connectivity index (χ2n) is 5.00. The van der Waals surface area contributed by atoms with Crippen LogP contribution in [0.5, 0.6) is 0 Å². The summed E-state index contributed by atoms with van der Waals surface area (Å²) in [5.41, 5.74) is -8.75. The largest absolute Gasteiger partial charge is 0.435 e. The fourth-order valence-electron chi connectivity index (χ4n) is 2.21. The van der Waals surface area contributed by atoms with E-state index >= 15 is 0 Å². The molecule has 0 amide bonds. The monoisotopic (exact) mass is 529 g/mol. The Morgan fingerprint density at radius 3 is 1.88 bits per heavy atom. The maximum Gasteiger partial charge on any atom is 0.435 e. The smallest absolute Gasteiger partial charge is 0.218 e. The van der Waals surface area contributed by atoms with Crippen molar-refractivity contribution in [3.05, 3.63) is 55.7 Å². The van der Waals surface area contributed by atoms with Crippen LogP contribution in [-0.4, -0.2) is 12.4 Å². The lowest BCUT2D eigenvalue weighted by Crippen LogP contribution is -2.50. The summed E-state index contributed by atoms with van der Waals surface area (Å²) in [6.45, 7) is 0. The van der Waals surface area contributed by atoms with Gasteiger partial charge >= 0.3 is 18.0 Å². The number of hydrogen-bond acceptors (Lipinski definition) is 0. The van der Waals surface area contributed by atoms with E-state index < -0.39 is 50.0 Å². The molecule has 0 saturated heterocycles. The highest BCUT2D eigenvalue weighted by molar-refractivity contribution is 9.11. The summed E-state index contributed by atoms with van der Waals surface area (Å²) in [6.07, 6.45) is -12.7. The standard InChI is InChI=1S/C15H4Br2ClF8/c16-6-3-9(13(20,14(21,22)23)15(24,25)26)12(10(17)4-6)8-2-1-7(19)5-11(8)18/h1-3,5H. The normalized spacial score (nSPS) is 13.2. The van der Waals surface area contributed by atoms with Gasteiger partial charge in [0.05, 0.1) is 5.02 Å². The fourth-order valence-corrected chi connectivity index (χ4v) is 3.81. The first-order valence-corrected chi connectivity index (χ1v) is 8.36. The van der Waals surface area contributed by atoms with E-state index in [0.29, 0.717) is 12.1 Å². The average molecular weight is 531 g/mol. The van der Waals surface area contributed by atoms with Crippen molar-refractivity contribution in [1.29, 1.82) is 0 Å². The summed E-state index contributed by atoms with van der Waals surface area (Å²) in [5, 5.41) is -0.505. The molecule has 0 spiro atoms. The van der Waals surface area contributed by atoms with Gasteiger partial charge in [-0.15, -0.1) is 0 Å². The zero-order chi connectivity index (χ0) is 20.1. The van der Waals surface area contributed by atoms with Crippen LogP contribution in [0, 0.1) is 11.9 Å². The quantitative estimate of drug-likeness (QED) is 0.348. The van der Waals surface area contributed by atoms with Crippen molar-refractivity contribution in [3.63, 3.8) is 0 Å². The lowest BCUT2D eigenvalue weighted by Gasteiger charge is -2.32. The van der Waals surface area contributed by atoms with E-state index in [1.54, 1.807) is 0 Å². The van der Waals surface area contributed by atoms with Crippen molar-refractivity contribution in [1.82, 2.24) is 0 Å². The molecule has 0 saturated carbocycles. The lowest BCUT2D eigenvalue weighted by molar-refractivity contribution is -0.348. The van der Waals surface area contributed by atoms with Gasteiger partial charge in [0, 0.05) is 31.7 Å². The van der Waals surface area contributed by atoms with Crippen LogP contribution in [0.3, 0.4) is 0 Å². The summed E-state index contributed by atoms with van der Waals surface area (Å²) in [4.78, 5) is 0. The van der Waals surface area contributed by atoms with Gasteiger partial charge in [-0.05, 0) is 40.2 Å². The van der Waals surface area contributed by atoms with Crippen LogP contribution in [0.4, 0.5) is 35.1 Å². The minimum Gasteiger partial charge on any atom is -0.218 e. The van der Waals surface area contributed by atoms with Crippen LogP contribution >= 0.6 is 43.5 Å². The van der Waals surface area contributed by atoms with Crippen molar-refractivity contribution in [3.8, 4) is 11.1 Å². The topological polar surface area (TPSA) is 0 Å². The minimum absolute atomic E-state index is 0.306. The average Bonchev–Trinajstić information content (AvgIpc) is 2.44. The third-order valence-electron chi connectivity index (χ3n) is 3.34. The first kappa shape index (κ1) is 21.4. The Kier molecular flexibility index (Phi) is 5.72. The SMILES string of the molecule is Fc1ccc(-c2c(Br)[c]c(Br)cc2C(F)(C(F)(F)F)C(F)(F)F)c(Cl)c1. The molecule has 11 heteroatoms. The van der Waals surface area contributed by atoms with Gasteiger partial charge in [-0.25, -0.2) is 8.78 Å². The zero-order valence-corrected chi connectivity index (χ0v) is 15.9. The lowest BCUT2D eigenvalue weighted by atomic mass is 9.87. The predicted octanol–water partition coefficient (Wildman–Crippen LogP) is 7.76. The fraction of sp³-hybridized carbons (Fsp3) is 0.200. The van der Waals surface area contributed by atoms with Crippen molar-refractivity contribution >= 4 is 43.5 Å². The number of alkyl halides is 7. The van der Waals surface area contributed by atoms with Gasteiger partial charge in [0.1, 0.15) is 5.82 Å². The first-order chi connectivity index (χ1) is 11.7. The van der Waals surface area contributed by atoms with Gasteiger partial charge in [-0.2, -0.15) is 26.3 Å². The number of halogens is 11. The molecule has 1 radical (unpaired) electrons. The van der Waals surface area contributed by atoms with Gasteiger partial charge in [0.15, 0.2) is 0 Å². The van der Waals surface area contributed by atoms with Crippen molar-refractivity contribution < 1.29 is 35.1 Å². The second kappa shape index (κ2) is 6.94. The predicted molar refractivity (Wildman–Crippen MR) is 86.0 cm³/mol. The van der Waals surface area contributed by atoms with Gasteiger partial charge in [-0.3, -0.25) is 0 Å². The molecule has 0 atom stereocenters. The van der Waals surface area contributed by atoms with E-state index in [9.17, 15) is 35.1 Å². The van der Waals surface area contributed by atoms with E-state index in [-0.39, 0.29) is 4.47 Å². The van der Waals surface area contributed by atoms with E-state index in [2.05, 4.69) is 37.9 Å². The molecule has 0 heterocycles. The highest BCUT2D eigenvalue weighted by Crippen LogP contribution is 2.57. The van der Waals surface area contributed by atoms with Crippen molar-refractivity contribution in [2.45, 2.75) is 18.0 Å². The summed E-state index contributed by atoms with van der Waals surface area (Å²) in [6, 6.07) is 4.97. The van der Waals surface area contributed by atoms with E-state index in [1.165, 1.54) is 0 Å². The molecule has 0 bridgehead atoms. The Morgan fingerprint density at radius 1 is 0.885 bits per heavy atom. The summed E-state index contributed by atoms with van der Waals surface area (Å²) < 4.78 is 106.